The highest BCUT2D eigenvalue weighted by atomic mass is 32.2. The van der Waals surface area contributed by atoms with Crippen LogP contribution in [0.4, 0.5) is 15.9 Å². The van der Waals surface area contributed by atoms with Crippen LogP contribution in [0.3, 0.4) is 0 Å². The Kier molecular flexibility index (Phi) is 6.42. The van der Waals surface area contributed by atoms with Crippen LogP contribution in [0.5, 0.6) is 5.75 Å². The number of nitrogens with one attached hydrogen (secondary N) is 1. The number of fused-ring (bicyclic) bond motifs is 2. The highest BCUT2D eigenvalue weighted by molar-refractivity contribution is 8.02. The third-order valence-corrected chi connectivity index (χ3v) is 7.49. The molecule has 2 aromatic carbocycles. The summed E-state index contributed by atoms with van der Waals surface area (Å²) in [7, 11) is 3.81. The molecule has 37 heavy (non-hydrogen) atoms. The number of aromatic nitrogens is 4. The maximum absolute atomic E-state index is 14.4. The van der Waals surface area contributed by atoms with Crippen molar-refractivity contribution < 1.29 is 9.13 Å². The maximum Gasteiger partial charge on any atom is 0.145 e. The molecular weight excluding hydrogens is 487 g/mol. The van der Waals surface area contributed by atoms with Crippen molar-refractivity contribution in [2.45, 2.75) is 30.0 Å². The summed E-state index contributed by atoms with van der Waals surface area (Å²) in [6.45, 7) is 1.08. The average molecular weight is 515 g/mol. The SMILES string of the molecule is CN1C[C@H](F)C[C@@H](Oc2cc(-c3cnn(C)c3)cc3ncnc(Nc4ccc5c(c4)SC=C=CC5)c23)C1. The van der Waals surface area contributed by atoms with Crippen LogP contribution in [-0.4, -0.2) is 57.1 Å². The summed E-state index contributed by atoms with van der Waals surface area (Å²) >= 11 is 1.65. The zero-order chi connectivity index (χ0) is 25.4. The molecule has 0 unspecified atom stereocenters. The number of anilines is 2. The van der Waals surface area contributed by atoms with Gasteiger partial charge >= 0.3 is 0 Å². The number of ether oxygens (including phenoxy) is 1. The second kappa shape index (κ2) is 10.0. The Hall–Kier alpha value is -3.65. The lowest BCUT2D eigenvalue weighted by Crippen LogP contribution is -2.44. The summed E-state index contributed by atoms with van der Waals surface area (Å²) in [5, 5.41) is 10.5. The molecule has 2 aromatic heterocycles. The Morgan fingerprint density at radius 2 is 2.05 bits per heavy atom. The van der Waals surface area contributed by atoms with Crippen molar-refractivity contribution in [3.05, 3.63) is 71.8 Å². The quantitative estimate of drug-likeness (QED) is 0.352. The maximum atomic E-state index is 14.4. The predicted octanol–water partition coefficient (Wildman–Crippen LogP) is 5.51. The summed E-state index contributed by atoms with van der Waals surface area (Å²) in [5.74, 6) is 1.27. The Balaban J connectivity index is 1.42. The number of thioether (sulfide) groups is 1. The molecule has 2 aliphatic heterocycles. The number of rotatable bonds is 5. The molecule has 1 N–H and O–H groups in total. The van der Waals surface area contributed by atoms with Crippen molar-refractivity contribution >= 4 is 34.2 Å². The van der Waals surface area contributed by atoms with Gasteiger partial charge in [0.1, 0.15) is 30.2 Å². The number of aryl methyl sites for hydroxylation is 1. The van der Waals surface area contributed by atoms with Gasteiger partial charge in [-0.3, -0.25) is 9.58 Å². The molecule has 0 spiro atoms. The van der Waals surface area contributed by atoms with Gasteiger partial charge in [-0.15, -0.1) is 5.73 Å². The van der Waals surface area contributed by atoms with Crippen molar-refractivity contribution in [3.63, 3.8) is 0 Å². The third kappa shape index (κ3) is 5.11. The number of piperidine rings is 1. The highest BCUT2D eigenvalue weighted by Gasteiger charge is 2.27. The number of hydrogen-bond donors (Lipinski definition) is 1. The Bertz CT molecular complexity index is 1520. The molecule has 0 amide bonds. The van der Waals surface area contributed by atoms with E-state index in [9.17, 15) is 4.39 Å². The van der Waals surface area contributed by atoms with E-state index in [1.54, 1.807) is 22.8 Å². The summed E-state index contributed by atoms with van der Waals surface area (Å²) in [5.41, 5.74) is 7.99. The van der Waals surface area contributed by atoms with Crippen molar-refractivity contribution in [1.82, 2.24) is 24.6 Å². The van der Waals surface area contributed by atoms with Crippen LogP contribution < -0.4 is 10.1 Å². The Labute approximate surface area is 219 Å². The molecule has 1 saturated heterocycles. The van der Waals surface area contributed by atoms with Crippen LogP contribution >= 0.6 is 11.8 Å². The largest absolute Gasteiger partial charge is 0.488 e. The van der Waals surface area contributed by atoms with E-state index >= 15 is 0 Å². The van der Waals surface area contributed by atoms with E-state index in [0.717, 1.165) is 34.1 Å². The standard InChI is InChI=1S/C28H27FN6OS/c1-34-15-21(29)11-23(16-34)36-25-10-19(20-13-32-35(2)14-20)9-24-27(25)28(31-17-30-24)33-22-7-6-18-5-3-4-8-37-26(18)12-22/h3,6-10,12-14,17,21,23H,5,11,15-16H2,1-2H3,(H,30,31,33)/t21-,23-/m1/s1. The first-order chi connectivity index (χ1) is 18.0. The molecule has 7 nitrogen and oxygen atoms in total. The lowest BCUT2D eigenvalue weighted by atomic mass is 10.0. The van der Waals surface area contributed by atoms with Gasteiger partial charge in [0.05, 0.1) is 17.1 Å². The number of halogens is 1. The fourth-order valence-electron chi connectivity index (χ4n) is 4.90. The summed E-state index contributed by atoms with van der Waals surface area (Å²) in [6, 6.07) is 10.3. The molecule has 0 radical (unpaired) electrons. The van der Waals surface area contributed by atoms with Crippen LogP contribution in [0.1, 0.15) is 12.0 Å². The van der Waals surface area contributed by atoms with E-state index in [2.05, 4.69) is 44.3 Å². The first kappa shape index (κ1) is 23.7. The zero-order valence-electron chi connectivity index (χ0n) is 20.7. The molecule has 9 heteroatoms. The van der Waals surface area contributed by atoms with E-state index in [1.165, 1.54) is 10.5 Å². The lowest BCUT2D eigenvalue weighted by Gasteiger charge is -2.32. The van der Waals surface area contributed by atoms with Gasteiger partial charge in [-0.2, -0.15) is 5.10 Å². The average Bonchev–Trinajstić information content (AvgIpc) is 3.16. The van der Waals surface area contributed by atoms with E-state index in [-0.39, 0.29) is 6.10 Å². The van der Waals surface area contributed by atoms with Gasteiger partial charge in [0.2, 0.25) is 0 Å². The van der Waals surface area contributed by atoms with Gasteiger partial charge in [0, 0.05) is 54.3 Å². The summed E-state index contributed by atoms with van der Waals surface area (Å²) in [4.78, 5) is 12.3. The second-order valence-electron chi connectivity index (χ2n) is 9.55. The minimum atomic E-state index is -0.925. The van der Waals surface area contributed by atoms with Crippen molar-refractivity contribution in [3.8, 4) is 16.9 Å². The van der Waals surface area contributed by atoms with E-state index in [1.807, 2.05) is 55.0 Å². The van der Waals surface area contributed by atoms with E-state index in [0.29, 0.717) is 31.1 Å². The summed E-state index contributed by atoms with van der Waals surface area (Å²) < 4.78 is 22.7. The summed E-state index contributed by atoms with van der Waals surface area (Å²) in [6.07, 6.45) is 7.36. The molecule has 188 valence electrons. The molecule has 2 aliphatic rings. The van der Waals surface area contributed by atoms with Crippen LogP contribution in [-0.2, 0) is 13.5 Å². The first-order valence-corrected chi connectivity index (χ1v) is 13.1. The van der Waals surface area contributed by atoms with Crippen LogP contribution in [0, 0.1) is 0 Å². The minimum Gasteiger partial charge on any atom is -0.488 e. The lowest BCUT2D eigenvalue weighted by molar-refractivity contribution is 0.0545. The molecular formula is C28H27FN6OS. The number of allylic oxidation sites excluding steroid dienone is 1. The Morgan fingerprint density at radius 1 is 1.14 bits per heavy atom. The molecule has 4 heterocycles. The van der Waals surface area contributed by atoms with Crippen LogP contribution in [0.25, 0.3) is 22.0 Å². The van der Waals surface area contributed by atoms with Crippen LogP contribution in [0.15, 0.2) is 71.2 Å². The van der Waals surface area contributed by atoms with Crippen molar-refractivity contribution in [2.24, 2.45) is 7.05 Å². The van der Waals surface area contributed by atoms with Gasteiger partial charge in [0.25, 0.3) is 0 Å². The number of alkyl halides is 1. The zero-order valence-corrected chi connectivity index (χ0v) is 21.5. The number of benzene rings is 2. The normalized spacial score (nSPS) is 19.5. The Morgan fingerprint density at radius 3 is 2.89 bits per heavy atom. The number of hydrogen-bond acceptors (Lipinski definition) is 7. The second-order valence-corrected chi connectivity index (χ2v) is 10.5. The fourth-order valence-corrected chi connectivity index (χ4v) is 5.69. The molecule has 6 rings (SSSR count). The topological polar surface area (TPSA) is 68.1 Å². The molecule has 0 saturated carbocycles. The van der Waals surface area contributed by atoms with E-state index < -0.39 is 6.17 Å². The fraction of sp³-hybridized carbons (Fsp3) is 0.286. The molecule has 1 fully saturated rings. The number of likely N-dealkylation sites (N-methyl/N-ethyl adjacent to an activating group) is 1. The van der Waals surface area contributed by atoms with Crippen LogP contribution in [0.2, 0.25) is 0 Å². The number of nitrogens with zero attached hydrogens (tertiary/aromatic N) is 5. The van der Waals surface area contributed by atoms with Crippen molar-refractivity contribution in [1.29, 1.82) is 0 Å². The highest BCUT2D eigenvalue weighted by Crippen LogP contribution is 2.38. The monoisotopic (exact) mass is 514 g/mol. The molecule has 4 aromatic rings. The van der Waals surface area contributed by atoms with Crippen molar-refractivity contribution in [2.75, 3.05) is 25.5 Å². The minimum absolute atomic E-state index is 0.280. The molecule has 2 atom stereocenters. The van der Waals surface area contributed by atoms with Gasteiger partial charge in [-0.1, -0.05) is 17.8 Å². The third-order valence-electron chi connectivity index (χ3n) is 6.60. The van der Waals surface area contributed by atoms with Gasteiger partial charge < -0.3 is 10.1 Å². The van der Waals surface area contributed by atoms with Gasteiger partial charge in [0.15, 0.2) is 0 Å². The molecule has 0 bridgehead atoms. The van der Waals surface area contributed by atoms with Gasteiger partial charge in [-0.25, -0.2) is 14.4 Å². The van der Waals surface area contributed by atoms with E-state index in [4.69, 9.17) is 4.74 Å². The first-order valence-electron chi connectivity index (χ1n) is 12.2. The molecule has 0 aliphatic carbocycles. The van der Waals surface area contributed by atoms with Gasteiger partial charge in [-0.05, 0) is 54.9 Å². The predicted molar refractivity (Wildman–Crippen MR) is 145 cm³/mol. The smallest absolute Gasteiger partial charge is 0.145 e. The number of likely N-dealkylation sites (tertiary alicyclic amines) is 1.